The second-order valence-corrected chi connectivity index (χ2v) is 19.0. The monoisotopic (exact) mass is 1010 g/mol. The average molecular weight is 1010 g/mol. The van der Waals surface area contributed by atoms with Crippen molar-refractivity contribution >= 4 is 41.1 Å². The molecule has 69 heavy (non-hydrogen) atoms. The maximum Gasteiger partial charge on any atom is 0.342 e. The number of hydrogen-bond acceptors (Lipinski definition) is 18. The Bertz CT molecular complexity index is 2190. The molecule has 4 heterocycles. The molecule has 4 aliphatic heterocycles. The summed E-state index contributed by atoms with van der Waals surface area (Å²) in [6.45, 7) is 12.5. The summed E-state index contributed by atoms with van der Waals surface area (Å²) in [5.74, 6) is -4.38. The Labute approximate surface area is 411 Å². The molecule has 384 valence electrons. The van der Waals surface area contributed by atoms with Crippen LogP contribution in [0.3, 0.4) is 0 Å². The zero-order valence-electron chi connectivity index (χ0n) is 40.2. The van der Waals surface area contributed by atoms with E-state index in [0.29, 0.717) is 23.1 Å². The van der Waals surface area contributed by atoms with Gasteiger partial charge < -0.3 is 73.6 Å². The standard InChI is InChI=1S/C49H66Cl2O18/c1-10-30-33(36(55)35(51)37(56)34(30)50)46(61)67-42-26(6)64-48(43(62-9)40(42)59)63-21-29-13-11-12-14-31(54)23(3)20-28-17-18-49(8)44(65-27(7)53)38(57)39(58)47(69-49)68-41(28)24(4)19-22(2)15-16-32(25(5)52)66-45(29)60/h11-13,15,19-20,25-26,28,31-32,38-44,47-48,52,54-59H,10,14,16-18,21H2,1-9H3/b12-11+,22-15+,23-20+,24-19+,29-13+. The lowest BCUT2D eigenvalue weighted by atomic mass is 9.79. The highest BCUT2D eigenvalue weighted by molar-refractivity contribution is 6.39. The van der Waals surface area contributed by atoms with E-state index in [9.17, 15) is 50.1 Å². The number of methoxy groups -OCH3 is 1. The van der Waals surface area contributed by atoms with Gasteiger partial charge in [-0.05, 0) is 90.0 Å². The molecule has 0 amide bonds. The van der Waals surface area contributed by atoms with Crippen molar-refractivity contribution in [2.24, 2.45) is 5.92 Å². The maximum atomic E-state index is 13.9. The lowest BCUT2D eigenvalue weighted by Gasteiger charge is -2.51. The molecule has 20 heteroatoms. The maximum absolute atomic E-state index is 13.9. The summed E-state index contributed by atoms with van der Waals surface area (Å²) in [6, 6.07) is 0. The van der Waals surface area contributed by atoms with Gasteiger partial charge in [0, 0.05) is 26.4 Å². The molecule has 5 rings (SSSR count). The number of phenolic OH excluding ortho intramolecular Hbond substituents is 2. The summed E-state index contributed by atoms with van der Waals surface area (Å²) >= 11 is 12.3. The van der Waals surface area contributed by atoms with E-state index in [1.165, 1.54) is 40.0 Å². The molecule has 1 aromatic carbocycles. The topological polar surface area (TPSA) is 267 Å². The number of ether oxygens (including phenoxy) is 8. The molecule has 7 N–H and O–H groups in total. The van der Waals surface area contributed by atoms with E-state index in [4.69, 9.17) is 61.1 Å². The summed E-state index contributed by atoms with van der Waals surface area (Å²) in [6.07, 6.45) is -5.00. The molecule has 0 saturated carbocycles. The third-order valence-electron chi connectivity index (χ3n) is 12.9. The number of phenols is 2. The van der Waals surface area contributed by atoms with Crippen LogP contribution in [-0.4, -0.2) is 153 Å². The van der Waals surface area contributed by atoms with Crippen molar-refractivity contribution in [3.63, 3.8) is 0 Å². The number of hydrogen-bond donors (Lipinski definition) is 7. The van der Waals surface area contributed by atoms with Crippen LogP contribution < -0.4 is 0 Å². The van der Waals surface area contributed by atoms with E-state index in [1.54, 1.807) is 32.9 Å². The predicted molar refractivity (Wildman–Crippen MR) is 249 cm³/mol. The highest BCUT2D eigenvalue weighted by Gasteiger charge is 2.56. The summed E-state index contributed by atoms with van der Waals surface area (Å²) < 4.78 is 47.3. The van der Waals surface area contributed by atoms with E-state index in [-0.39, 0.29) is 41.8 Å². The van der Waals surface area contributed by atoms with Crippen LogP contribution in [0.5, 0.6) is 11.5 Å². The summed E-state index contributed by atoms with van der Waals surface area (Å²) in [4.78, 5) is 39.4. The third kappa shape index (κ3) is 13.0. The van der Waals surface area contributed by atoms with Gasteiger partial charge in [0.2, 0.25) is 0 Å². The third-order valence-corrected chi connectivity index (χ3v) is 13.7. The van der Waals surface area contributed by atoms with E-state index >= 15 is 0 Å². The van der Waals surface area contributed by atoms with Gasteiger partial charge in [-0.15, -0.1) is 0 Å². The first-order valence-corrected chi connectivity index (χ1v) is 23.6. The lowest BCUT2D eigenvalue weighted by Crippen LogP contribution is -2.66. The van der Waals surface area contributed by atoms with Crippen molar-refractivity contribution < 1.29 is 88.0 Å². The number of rotatable bonds is 9. The van der Waals surface area contributed by atoms with Crippen molar-refractivity contribution in [3.05, 3.63) is 79.9 Å². The van der Waals surface area contributed by atoms with Gasteiger partial charge in [-0.2, -0.15) is 0 Å². The predicted octanol–water partition coefficient (Wildman–Crippen LogP) is 4.96. The van der Waals surface area contributed by atoms with Gasteiger partial charge in [0.05, 0.1) is 41.6 Å². The van der Waals surface area contributed by atoms with Crippen molar-refractivity contribution in [1.29, 1.82) is 0 Å². The Morgan fingerprint density at radius 1 is 0.957 bits per heavy atom. The van der Waals surface area contributed by atoms with E-state index < -0.39 is 138 Å². The van der Waals surface area contributed by atoms with Gasteiger partial charge in [0.1, 0.15) is 46.7 Å². The fourth-order valence-electron chi connectivity index (χ4n) is 8.97. The van der Waals surface area contributed by atoms with Crippen molar-refractivity contribution in [3.8, 4) is 11.5 Å². The van der Waals surface area contributed by atoms with Crippen LogP contribution in [0.2, 0.25) is 10.0 Å². The Morgan fingerprint density at radius 3 is 2.29 bits per heavy atom. The minimum absolute atomic E-state index is 0.0378. The SMILES string of the molecule is CCc1c(Cl)c(O)c(Cl)c(O)c1C(=O)OC1C(C)OC(OC/C2=C\C=C\CC(O)/C(C)=C/C3CCC4(C)OC(OC3/C(C)=C/C(C)=C/CC(C(C)O)OC2=O)C(O)C(O)C4OC(C)=O)C(OC)C1O. The quantitative estimate of drug-likeness (QED) is 0.0979. The molecule has 1 aromatic rings. The number of esters is 3. The highest BCUT2D eigenvalue weighted by Crippen LogP contribution is 2.46. The van der Waals surface area contributed by atoms with Gasteiger partial charge in [0.25, 0.3) is 0 Å². The summed E-state index contributed by atoms with van der Waals surface area (Å²) in [7, 11) is 1.26. The van der Waals surface area contributed by atoms with Crippen molar-refractivity contribution in [1.82, 2.24) is 0 Å². The van der Waals surface area contributed by atoms with Crippen molar-refractivity contribution in [2.75, 3.05) is 13.7 Å². The molecular weight excluding hydrogens is 947 g/mol. The Balaban J connectivity index is 1.40. The molecule has 15 atom stereocenters. The number of aromatic hydroxyl groups is 2. The van der Waals surface area contributed by atoms with Crippen LogP contribution in [0.15, 0.2) is 58.7 Å². The largest absolute Gasteiger partial charge is 0.505 e. The van der Waals surface area contributed by atoms with Crippen molar-refractivity contribution in [2.45, 2.75) is 173 Å². The minimum atomic E-state index is -1.57. The number of benzene rings is 1. The first kappa shape index (κ1) is 56.0. The number of aliphatic hydroxyl groups excluding tert-OH is 5. The number of allylic oxidation sites excluding steroid dienone is 4. The van der Waals surface area contributed by atoms with Crippen LogP contribution in [-0.2, 0) is 53.9 Å². The molecule has 15 unspecified atom stereocenters. The number of carbonyl (C=O) groups excluding carboxylic acids is 3. The number of carbonyl (C=O) groups is 3. The molecule has 0 aromatic heterocycles. The fourth-order valence-corrected chi connectivity index (χ4v) is 9.53. The Hall–Kier alpha value is -3.89. The second-order valence-electron chi connectivity index (χ2n) is 18.2. The smallest absolute Gasteiger partial charge is 0.342 e. The normalized spacial score (nSPS) is 37.9. The molecule has 0 radical (unpaired) electrons. The first-order valence-electron chi connectivity index (χ1n) is 22.9. The zero-order valence-corrected chi connectivity index (χ0v) is 41.7. The van der Waals surface area contributed by atoms with Gasteiger partial charge in [-0.1, -0.05) is 66.1 Å². The molecule has 4 aliphatic rings. The van der Waals surface area contributed by atoms with Crippen LogP contribution in [0.1, 0.15) is 97.0 Å². The van der Waals surface area contributed by atoms with E-state index in [0.717, 1.165) is 0 Å². The fraction of sp³-hybridized carbons (Fsp3) is 0.612. The van der Waals surface area contributed by atoms with Gasteiger partial charge >= 0.3 is 17.9 Å². The van der Waals surface area contributed by atoms with Crippen LogP contribution in [0.4, 0.5) is 0 Å². The Kier molecular flexibility index (Phi) is 19.5. The lowest BCUT2D eigenvalue weighted by molar-refractivity contribution is -0.345. The van der Waals surface area contributed by atoms with Crippen LogP contribution >= 0.6 is 23.2 Å². The van der Waals surface area contributed by atoms with Crippen LogP contribution in [0.25, 0.3) is 0 Å². The number of halogens is 2. The van der Waals surface area contributed by atoms with E-state index in [1.807, 2.05) is 26.0 Å². The average Bonchev–Trinajstić information content (AvgIpc) is 3.28. The minimum Gasteiger partial charge on any atom is -0.505 e. The summed E-state index contributed by atoms with van der Waals surface area (Å²) in [5.41, 5.74) is 0.403. The van der Waals surface area contributed by atoms with Gasteiger partial charge in [-0.3, -0.25) is 4.79 Å². The molecule has 18 nitrogen and oxygen atoms in total. The Morgan fingerprint density at radius 2 is 1.65 bits per heavy atom. The first-order chi connectivity index (χ1) is 32.4. The number of aliphatic hydroxyl groups is 5. The number of fused-ring (bicyclic) bond motifs is 3. The molecule has 3 fully saturated rings. The van der Waals surface area contributed by atoms with Crippen LogP contribution in [0, 0.1) is 5.92 Å². The molecule has 0 spiro atoms. The summed E-state index contributed by atoms with van der Waals surface area (Å²) in [5, 5.41) is 76.1. The molecule has 2 bridgehead atoms. The molecule has 3 saturated heterocycles. The van der Waals surface area contributed by atoms with Gasteiger partial charge in [0.15, 0.2) is 36.3 Å². The second kappa shape index (κ2) is 24.0. The van der Waals surface area contributed by atoms with E-state index in [2.05, 4.69) is 0 Å². The molecular formula is C49H66Cl2O18. The number of cyclic esters (lactones) is 1. The zero-order chi connectivity index (χ0) is 51.2. The van der Waals surface area contributed by atoms with Gasteiger partial charge in [-0.25, -0.2) is 9.59 Å². The molecule has 0 aliphatic carbocycles. The highest BCUT2D eigenvalue weighted by atomic mass is 35.5.